The Morgan fingerprint density at radius 3 is 2.89 bits per heavy atom. The quantitative estimate of drug-likeness (QED) is 0.836. The van der Waals surface area contributed by atoms with Crippen molar-refractivity contribution in [1.29, 1.82) is 0 Å². The molecule has 0 saturated heterocycles. The van der Waals surface area contributed by atoms with Crippen LogP contribution < -0.4 is 16.2 Å². The maximum Gasteiger partial charge on any atom is 0.290 e. The smallest absolute Gasteiger partial charge is 0.290 e. The van der Waals surface area contributed by atoms with Gasteiger partial charge < -0.3 is 15.6 Å². The third-order valence-corrected chi connectivity index (χ3v) is 2.70. The lowest BCUT2D eigenvalue weighted by Gasteiger charge is -2.17. The largest absolute Gasteiger partial charge is 0.351 e. The SMILES string of the molecule is CN(Cc1cccc(CN)c1)c1ncc[nH]c1=O. The third kappa shape index (κ3) is 2.75. The van der Waals surface area contributed by atoms with Crippen molar-refractivity contribution in [3.63, 3.8) is 0 Å². The summed E-state index contributed by atoms with van der Waals surface area (Å²) in [5, 5.41) is 0. The molecule has 1 aromatic carbocycles. The number of benzene rings is 1. The Morgan fingerprint density at radius 1 is 1.39 bits per heavy atom. The summed E-state index contributed by atoms with van der Waals surface area (Å²) in [7, 11) is 1.84. The summed E-state index contributed by atoms with van der Waals surface area (Å²) in [6.07, 6.45) is 3.10. The number of aromatic nitrogens is 2. The lowest BCUT2D eigenvalue weighted by molar-refractivity contribution is 0.875. The molecule has 0 unspecified atom stereocenters. The molecule has 0 aliphatic carbocycles. The molecule has 1 aromatic heterocycles. The number of aromatic amines is 1. The molecule has 0 aliphatic heterocycles. The second-order valence-corrected chi connectivity index (χ2v) is 4.12. The first-order valence-electron chi connectivity index (χ1n) is 5.73. The van der Waals surface area contributed by atoms with E-state index in [1.54, 1.807) is 6.20 Å². The van der Waals surface area contributed by atoms with Gasteiger partial charge in [0.2, 0.25) is 0 Å². The second-order valence-electron chi connectivity index (χ2n) is 4.12. The molecule has 0 aliphatic rings. The van der Waals surface area contributed by atoms with Gasteiger partial charge in [0.15, 0.2) is 5.82 Å². The van der Waals surface area contributed by atoms with Crippen molar-refractivity contribution >= 4 is 5.82 Å². The van der Waals surface area contributed by atoms with Crippen LogP contribution in [0.1, 0.15) is 11.1 Å². The van der Waals surface area contributed by atoms with E-state index in [0.29, 0.717) is 18.9 Å². The highest BCUT2D eigenvalue weighted by molar-refractivity contribution is 5.36. The minimum absolute atomic E-state index is 0.185. The lowest BCUT2D eigenvalue weighted by Crippen LogP contribution is -2.25. The van der Waals surface area contributed by atoms with E-state index in [2.05, 4.69) is 9.97 Å². The van der Waals surface area contributed by atoms with Crippen molar-refractivity contribution in [2.24, 2.45) is 5.73 Å². The summed E-state index contributed by atoms with van der Waals surface area (Å²) >= 11 is 0. The van der Waals surface area contributed by atoms with Gasteiger partial charge in [-0.1, -0.05) is 24.3 Å². The van der Waals surface area contributed by atoms with Crippen LogP contribution in [0, 0.1) is 0 Å². The zero-order chi connectivity index (χ0) is 13.0. The van der Waals surface area contributed by atoms with Crippen LogP contribution >= 0.6 is 0 Å². The van der Waals surface area contributed by atoms with Crippen molar-refractivity contribution in [1.82, 2.24) is 9.97 Å². The fourth-order valence-electron chi connectivity index (χ4n) is 1.82. The van der Waals surface area contributed by atoms with Crippen LogP contribution in [-0.2, 0) is 13.1 Å². The zero-order valence-electron chi connectivity index (χ0n) is 10.3. The molecule has 2 rings (SSSR count). The molecule has 0 fully saturated rings. The number of H-pyrrole nitrogens is 1. The summed E-state index contributed by atoms with van der Waals surface area (Å²) < 4.78 is 0. The van der Waals surface area contributed by atoms with E-state index in [1.165, 1.54) is 6.20 Å². The van der Waals surface area contributed by atoms with Crippen LogP contribution in [0.5, 0.6) is 0 Å². The number of nitrogens with two attached hydrogens (primary N) is 1. The maximum atomic E-state index is 11.6. The summed E-state index contributed by atoms with van der Waals surface area (Å²) in [5.74, 6) is 0.413. The molecule has 0 radical (unpaired) electrons. The van der Waals surface area contributed by atoms with Gasteiger partial charge in [0.05, 0.1) is 0 Å². The minimum atomic E-state index is -0.185. The van der Waals surface area contributed by atoms with Crippen LogP contribution in [0.3, 0.4) is 0 Å². The number of nitrogens with one attached hydrogen (secondary N) is 1. The molecule has 0 amide bonds. The zero-order valence-corrected chi connectivity index (χ0v) is 10.3. The van der Waals surface area contributed by atoms with Gasteiger partial charge in [-0.25, -0.2) is 4.98 Å². The summed E-state index contributed by atoms with van der Waals surface area (Å²) in [6, 6.07) is 7.99. The molecule has 0 saturated carbocycles. The highest BCUT2D eigenvalue weighted by atomic mass is 16.1. The first kappa shape index (κ1) is 12.3. The van der Waals surface area contributed by atoms with Crippen LogP contribution in [0.4, 0.5) is 5.82 Å². The molecule has 5 heteroatoms. The second kappa shape index (κ2) is 5.46. The van der Waals surface area contributed by atoms with Gasteiger partial charge in [0, 0.05) is 32.5 Å². The third-order valence-electron chi connectivity index (χ3n) is 2.70. The van der Waals surface area contributed by atoms with Gasteiger partial charge in [0.1, 0.15) is 0 Å². The Balaban J connectivity index is 2.18. The summed E-state index contributed by atoms with van der Waals surface area (Å²) in [4.78, 5) is 20.1. The molecule has 0 bridgehead atoms. The average Bonchev–Trinajstić information content (AvgIpc) is 2.39. The number of anilines is 1. The van der Waals surface area contributed by atoms with E-state index < -0.39 is 0 Å². The van der Waals surface area contributed by atoms with Gasteiger partial charge in [0.25, 0.3) is 5.56 Å². The molecule has 1 heterocycles. The van der Waals surface area contributed by atoms with E-state index in [1.807, 2.05) is 36.2 Å². The Kier molecular flexibility index (Phi) is 3.74. The van der Waals surface area contributed by atoms with Gasteiger partial charge in [-0.15, -0.1) is 0 Å². The van der Waals surface area contributed by atoms with Crippen LogP contribution in [0.25, 0.3) is 0 Å². The number of nitrogens with zero attached hydrogens (tertiary/aromatic N) is 2. The molecular weight excluding hydrogens is 228 g/mol. The highest BCUT2D eigenvalue weighted by Crippen LogP contribution is 2.09. The molecule has 0 spiro atoms. The molecule has 0 atom stereocenters. The van der Waals surface area contributed by atoms with Gasteiger partial charge in [-0.2, -0.15) is 0 Å². The van der Waals surface area contributed by atoms with Crippen molar-refractivity contribution in [3.8, 4) is 0 Å². The standard InChI is InChI=1S/C13H16N4O/c1-17(12-13(18)16-6-5-15-12)9-11-4-2-3-10(7-11)8-14/h2-7H,8-9,14H2,1H3,(H,16,18). The predicted octanol–water partition coefficient (Wildman–Crippen LogP) is 0.865. The lowest BCUT2D eigenvalue weighted by atomic mass is 10.1. The first-order chi connectivity index (χ1) is 8.70. The van der Waals surface area contributed by atoms with E-state index in [9.17, 15) is 4.79 Å². The molecular formula is C13H16N4O. The van der Waals surface area contributed by atoms with Crippen molar-refractivity contribution in [3.05, 3.63) is 58.1 Å². The van der Waals surface area contributed by atoms with Gasteiger partial charge in [-0.05, 0) is 11.1 Å². The summed E-state index contributed by atoms with van der Waals surface area (Å²) in [5.41, 5.74) is 7.60. The first-order valence-corrected chi connectivity index (χ1v) is 5.73. The Bertz CT molecular complexity index is 579. The van der Waals surface area contributed by atoms with E-state index in [0.717, 1.165) is 11.1 Å². The molecule has 5 nitrogen and oxygen atoms in total. The van der Waals surface area contributed by atoms with Crippen molar-refractivity contribution in [2.75, 3.05) is 11.9 Å². The molecule has 18 heavy (non-hydrogen) atoms. The molecule has 3 N–H and O–H groups in total. The Hall–Kier alpha value is -2.14. The average molecular weight is 244 g/mol. The Morgan fingerprint density at radius 2 is 2.17 bits per heavy atom. The molecule has 94 valence electrons. The van der Waals surface area contributed by atoms with Crippen LogP contribution in [-0.4, -0.2) is 17.0 Å². The fourth-order valence-corrected chi connectivity index (χ4v) is 1.82. The molecule has 2 aromatic rings. The maximum absolute atomic E-state index is 11.6. The fraction of sp³-hybridized carbons (Fsp3) is 0.231. The van der Waals surface area contributed by atoms with E-state index >= 15 is 0 Å². The number of hydrogen-bond acceptors (Lipinski definition) is 4. The predicted molar refractivity (Wildman–Crippen MR) is 71.3 cm³/mol. The summed E-state index contributed by atoms with van der Waals surface area (Å²) in [6.45, 7) is 1.13. The van der Waals surface area contributed by atoms with Crippen LogP contribution in [0.15, 0.2) is 41.5 Å². The monoisotopic (exact) mass is 244 g/mol. The normalized spacial score (nSPS) is 10.3. The van der Waals surface area contributed by atoms with Gasteiger partial charge in [-0.3, -0.25) is 4.79 Å². The number of hydrogen-bond donors (Lipinski definition) is 2. The van der Waals surface area contributed by atoms with Crippen molar-refractivity contribution < 1.29 is 0 Å². The van der Waals surface area contributed by atoms with Crippen molar-refractivity contribution in [2.45, 2.75) is 13.1 Å². The van der Waals surface area contributed by atoms with Crippen LogP contribution in [0.2, 0.25) is 0 Å². The van der Waals surface area contributed by atoms with Gasteiger partial charge >= 0.3 is 0 Å². The Labute approximate surface area is 105 Å². The van der Waals surface area contributed by atoms with E-state index in [4.69, 9.17) is 5.73 Å². The topological polar surface area (TPSA) is 75.0 Å². The minimum Gasteiger partial charge on any atom is -0.351 e. The number of rotatable bonds is 4. The van der Waals surface area contributed by atoms with E-state index in [-0.39, 0.29) is 5.56 Å². The highest BCUT2D eigenvalue weighted by Gasteiger charge is 2.07.